The Bertz CT molecular complexity index is 543. The highest BCUT2D eigenvalue weighted by molar-refractivity contribution is 6.42. The van der Waals surface area contributed by atoms with Crippen LogP contribution in [0.2, 0.25) is 10.0 Å². The van der Waals surface area contributed by atoms with Crippen molar-refractivity contribution in [3.63, 3.8) is 0 Å². The largest absolute Gasteiger partial charge is 0.480 e. The molecule has 3 N–H and O–H groups in total. The number of hydrogen-bond donors (Lipinski definition) is 2. The molecule has 0 spiro atoms. The molecule has 5 nitrogen and oxygen atoms in total. The van der Waals surface area contributed by atoms with E-state index in [1.807, 2.05) is 0 Å². The van der Waals surface area contributed by atoms with E-state index in [4.69, 9.17) is 38.5 Å². The minimum Gasteiger partial charge on any atom is -0.480 e. The van der Waals surface area contributed by atoms with E-state index in [-0.39, 0.29) is 12.3 Å². The molecule has 0 amide bonds. The second-order valence-corrected chi connectivity index (χ2v) is 4.30. The fourth-order valence-corrected chi connectivity index (χ4v) is 1.65. The van der Waals surface area contributed by atoms with Gasteiger partial charge in [-0.05, 0) is 6.07 Å². The maximum Gasteiger partial charge on any atom is 0.321 e. The van der Waals surface area contributed by atoms with Gasteiger partial charge in [0.15, 0.2) is 11.5 Å². The number of hydrogen-bond acceptors (Lipinski definition) is 4. The molecule has 1 atom stereocenters. The zero-order chi connectivity index (χ0) is 12.6. The Morgan fingerprint density at radius 1 is 1.47 bits per heavy atom. The summed E-state index contributed by atoms with van der Waals surface area (Å²) in [4.78, 5) is 14.7. The number of carboxylic acids is 1. The molecule has 0 saturated heterocycles. The SMILES string of the molecule is N[C@H](Cc1nc2cc(Cl)c(Cl)cc2o1)C(=O)O. The fraction of sp³-hybridized carbons (Fsp3) is 0.200. The normalized spacial score (nSPS) is 12.9. The molecule has 0 radical (unpaired) electrons. The summed E-state index contributed by atoms with van der Waals surface area (Å²) in [7, 11) is 0. The lowest BCUT2D eigenvalue weighted by Crippen LogP contribution is -2.32. The molecule has 1 heterocycles. The Kier molecular flexibility index (Phi) is 3.24. The molecule has 0 unspecified atom stereocenters. The number of aliphatic carboxylic acids is 1. The van der Waals surface area contributed by atoms with Crippen molar-refractivity contribution >= 4 is 40.3 Å². The minimum absolute atomic E-state index is 0.0131. The van der Waals surface area contributed by atoms with Gasteiger partial charge < -0.3 is 15.3 Å². The highest BCUT2D eigenvalue weighted by Gasteiger charge is 2.17. The van der Waals surface area contributed by atoms with Gasteiger partial charge in [-0.25, -0.2) is 4.98 Å². The number of rotatable bonds is 3. The zero-order valence-electron chi connectivity index (χ0n) is 8.48. The van der Waals surface area contributed by atoms with Gasteiger partial charge in [-0.3, -0.25) is 4.79 Å². The van der Waals surface area contributed by atoms with Crippen LogP contribution >= 0.6 is 23.2 Å². The molecule has 0 bridgehead atoms. The van der Waals surface area contributed by atoms with Crippen molar-refractivity contribution in [2.75, 3.05) is 0 Å². The third kappa shape index (κ3) is 2.52. The Balaban J connectivity index is 2.35. The van der Waals surface area contributed by atoms with Crippen LogP contribution in [-0.4, -0.2) is 22.1 Å². The van der Waals surface area contributed by atoms with Crippen LogP contribution in [0.4, 0.5) is 0 Å². The van der Waals surface area contributed by atoms with Gasteiger partial charge in [0.2, 0.25) is 0 Å². The molecule has 7 heteroatoms. The monoisotopic (exact) mass is 274 g/mol. The Morgan fingerprint density at radius 3 is 2.76 bits per heavy atom. The number of aromatic nitrogens is 1. The predicted octanol–water partition coefficient (Wildman–Crippen LogP) is 2.09. The summed E-state index contributed by atoms with van der Waals surface area (Å²) >= 11 is 11.6. The summed E-state index contributed by atoms with van der Waals surface area (Å²) in [6.07, 6.45) is 0.0131. The van der Waals surface area contributed by atoms with E-state index in [1.54, 1.807) is 6.07 Å². The van der Waals surface area contributed by atoms with Gasteiger partial charge in [-0.2, -0.15) is 0 Å². The predicted molar refractivity (Wildman–Crippen MR) is 63.3 cm³/mol. The van der Waals surface area contributed by atoms with Crippen LogP contribution in [0.25, 0.3) is 11.1 Å². The second kappa shape index (κ2) is 4.52. The number of nitrogens with two attached hydrogens (primary N) is 1. The maximum absolute atomic E-state index is 10.6. The molecule has 0 aliphatic heterocycles. The lowest BCUT2D eigenvalue weighted by molar-refractivity contribution is -0.138. The first-order valence-electron chi connectivity index (χ1n) is 4.70. The van der Waals surface area contributed by atoms with Crippen molar-refractivity contribution < 1.29 is 14.3 Å². The number of nitrogens with zero attached hydrogens (tertiary/aromatic N) is 1. The number of oxazole rings is 1. The topological polar surface area (TPSA) is 89.4 Å². The molecule has 90 valence electrons. The van der Waals surface area contributed by atoms with Crippen LogP contribution in [-0.2, 0) is 11.2 Å². The molecular weight excluding hydrogens is 267 g/mol. The van der Waals surface area contributed by atoms with E-state index in [1.165, 1.54) is 6.07 Å². The third-order valence-electron chi connectivity index (χ3n) is 2.19. The van der Waals surface area contributed by atoms with Crippen molar-refractivity contribution in [3.05, 3.63) is 28.1 Å². The Morgan fingerprint density at radius 2 is 2.12 bits per heavy atom. The van der Waals surface area contributed by atoms with Gasteiger partial charge in [0.05, 0.1) is 16.5 Å². The zero-order valence-corrected chi connectivity index (χ0v) is 10.00. The van der Waals surface area contributed by atoms with E-state index >= 15 is 0 Å². The number of halogens is 2. The summed E-state index contributed by atoms with van der Waals surface area (Å²) in [5.41, 5.74) is 6.35. The summed E-state index contributed by atoms with van der Waals surface area (Å²) in [5, 5.41) is 9.38. The standard InChI is InChI=1S/C10H8Cl2N2O3/c11-4-1-7-8(2-5(4)12)17-9(14-7)3-6(13)10(15)16/h1-2,6H,3,13H2,(H,15,16)/t6-/m1/s1. The van der Waals surface area contributed by atoms with Crippen molar-refractivity contribution in [1.29, 1.82) is 0 Å². The van der Waals surface area contributed by atoms with E-state index in [0.717, 1.165) is 0 Å². The Hall–Kier alpha value is -1.30. The van der Waals surface area contributed by atoms with Crippen molar-refractivity contribution in [2.45, 2.75) is 12.5 Å². The van der Waals surface area contributed by atoms with Crippen LogP contribution in [0.1, 0.15) is 5.89 Å². The molecular formula is C10H8Cl2N2O3. The summed E-state index contributed by atoms with van der Waals surface area (Å²) in [6.45, 7) is 0. The molecule has 0 aliphatic rings. The van der Waals surface area contributed by atoms with E-state index < -0.39 is 12.0 Å². The van der Waals surface area contributed by atoms with Gasteiger partial charge in [0.25, 0.3) is 0 Å². The first-order chi connectivity index (χ1) is 7.97. The summed E-state index contributed by atoms with van der Waals surface area (Å²) < 4.78 is 5.33. The van der Waals surface area contributed by atoms with Gasteiger partial charge in [-0.1, -0.05) is 23.2 Å². The van der Waals surface area contributed by atoms with Crippen LogP contribution in [0.15, 0.2) is 16.5 Å². The number of fused-ring (bicyclic) bond motifs is 1. The quantitative estimate of drug-likeness (QED) is 0.895. The van der Waals surface area contributed by atoms with Crippen molar-refractivity contribution in [2.24, 2.45) is 5.73 Å². The maximum atomic E-state index is 10.6. The smallest absolute Gasteiger partial charge is 0.321 e. The molecule has 0 fully saturated rings. The molecule has 0 aliphatic carbocycles. The van der Waals surface area contributed by atoms with E-state index in [0.29, 0.717) is 21.1 Å². The second-order valence-electron chi connectivity index (χ2n) is 3.49. The summed E-state index contributed by atoms with van der Waals surface area (Å²) in [5.74, 6) is -0.864. The molecule has 17 heavy (non-hydrogen) atoms. The molecule has 2 aromatic rings. The van der Waals surface area contributed by atoms with Gasteiger partial charge in [-0.15, -0.1) is 0 Å². The molecule has 1 aromatic heterocycles. The van der Waals surface area contributed by atoms with Gasteiger partial charge >= 0.3 is 5.97 Å². The lowest BCUT2D eigenvalue weighted by Gasteiger charge is -2.00. The average molecular weight is 275 g/mol. The molecule has 2 rings (SSSR count). The number of carbonyl (C=O) groups is 1. The van der Waals surface area contributed by atoms with Crippen LogP contribution in [0.5, 0.6) is 0 Å². The average Bonchev–Trinajstić information content (AvgIpc) is 2.60. The van der Waals surface area contributed by atoms with Gasteiger partial charge in [0, 0.05) is 6.07 Å². The number of benzene rings is 1. The van der Waals surface area contributed by atoms with Crippen LogP contribution in [0, 0.1) is 0 Å². The fourth-order valence-electron chi connectivity index (χ4n) is 1.33. The third-order valence-corrected chi connectivity index (χ3v) is 2.91. The highest BCUT2D eigenvalue weighted by atomic mass is 35.5. The highest BCUT2D eigenvalue weighted by Crippen LogP contribution is 2.28. The Labute approximate surface area is 106 Å². The van der Waals surface area contributed by atoms with Crippen LogP contribution in [0.3, 0.4) is 0 Å². The van der Waals surface area contributed by atoms with Crippen LogP contribution < -0.4 is 5.73 Å². The summed E-state index contributed by atoms with van der Waals surface area (Å²) in [6, 6.07) is 2.04. The first kappa shape index (κ1) is 12.2. The minimum atomic E-state index is -1.11. The van der Waals surface area contributed by atoms with E-state index in [2.05, 4.69) is 4.98 Å². The van der Waals surface area contributed by atoms with E-state index in [9.17, 15) is 4.79 Å². The van der Waals surface area contributed by atoms with Crippen molar-refractivity contribution in [3.8, 4) is 0 Å². The lowest BCUT2D eigenvalue weighted by atomic mass is 10.2. The molecule has 1 aromatic carbocycles. The van der Waals surface area contributed by atoms with Gasteiger partial charge in [0.1, 0.15) is 11.6 Å². The van der Waals surface area contributed by atoms with Crippen molar-refractivity contribution in [1.82, 2.24) is 4.98 Å². The number of carboxylic acid groups (broad SMARTS) is 1. The first-order valence-corrected chi connectivity index (χ1v) is 5.46. The molecule has 0 saturated carbocycles.